The summed E-state index contributed by atoms with van der Waals surface area (Å²) in [5, 5.41) is 14.0. The van der Waals surface area contributed by atoms with Crippen LogP contribution in [0, 0.1) is 10.1 Å². The van der Waals surface area contributed by atoms with Crippen LogP contribution in [0.4, 0.5) is 10.5 Å². The van der Waals surface area contributed by atoms with Crippen molar-refractivity contribution in [3.63, 3.8) is 0 Å². The maximum Gasteiger partial charge on any atom is 0.410 e. The molecule has 236 valence electrons. The molecule has 2 aliphatic heterocycles. The molecule has 10 heteroatoms. The van der Waals surface area contributed by atoms with E-state index in [9.17, 15) is 19.7 Å². The lowest BCUT2D eigenvalue weighted by Gasteiger charge is -2.37. The zero-order valence-electron chi connectivity index (χ0n) is 25.4. The molecule has 0 aliphatic carbocycles. The lowest BCUT2D eigenvalue weighted by molar-refractivity contribution is -0.384. The van der Waals surface area contributed by atoms with Gasteiger partial charge in [-0.1, -0.05) is 91.0 Å². The number of carbonyl (C=O) groups excluding carboxylic acids is 2. The Balaban J connectivity index is 1.30. The summed E-state index contributed by atoms with van der Waals surface area (Å²) in [6, 6.07) is 37.4. The van der Waals surface area contributed by atoms with Gasteiger partial charge in [-0.2, -0.15) is 0 Å². The Kier molecular flexibility index (Phi) is 9.65. The summed E-state index contributed by atoms with van der Waals surface area (Å²) in [6.07, 6.45) is 0.293. The molecule has 2 amide bonds. The van der Waals surface area contributed by atoms with Gasteiger partial charge in [0.2, 0.25) is 5.91 Å². The first-order valence-corrected chi connectivity index (χ1v) is 16.3. The van der Waals surface area contributed by atoms with E-state index in [1.807, 2.05) is 30.0 Å². The zero-order valence-corrected chi connectivity index (χ0v) is 26.2. The molecule has 0 saturated carbocycles. The van der Waals surface area contributed by atoms with Crippen LogP contribution in [0.15, 0.2) is 115 Å². The number of likely N-dealkylation sites (tertiary alicyclic amines) is 1. The molecule has 6 rings (SSSR count). The van der Waals surface area contributed by atoms with E-state index < -0.39 is 15.8 Å². The highest BCUT2D eigenvalue weighted by Gasteiger charge is 2.45. The third kappa shape index (κ3) is 6.93. The molecule has 2 heterocycles. The fraction of sp³-hybridized carbons (Fsp3) is 0.278. The number of nitrogens with one attached hydrogen (secondary N) is 1. The van der Waals surface area contributed by atoms with E-state index in [4.69, 9.17) is 4.74 Å². The monoisotopic (exact) mass is 636 g/mol. The van der Waals surface area contributed by atoms with E-state index in [-0.39, 0.29) is 29.5 Å². The van der Waals surface area contributed by atoms with Crippen LogP contribution < -0.4 is 5.32 Å². The number of ether oxygens (including phenoxy) is 1. The van der Waals surface area contributed by atoms with Gasteiger partial charge in [0.1, 0.15) is 6.61 Å². The summed E-state index contributed by atoms with van der Waals surface area (Å²) in [5.74, 6) is -0.0151. The minimum Gasteiger partial charge on any atom is -0.445 e. The molecular weight excluding hydrogens is 600 g/mol. The predicted molar refractivity (Wildman–Crippen MR) is 178 cm³/mol. The highest BCUT2D eigenvalue weighted by Crippen LogP contribution is 2.52. The van der Waals surface area contributed by atoms with Gasteiger partial charge in [-0.25, -0.2) is 4.79 Å². The largest absolute Gasteiger partial charge is 0.445 e. The summed E-state index contributed by atoms with van der Waals surface area (Å²) >= 11 is 1.85. The van der Waals surface area contributed by atoms with E-state index in [0.29, 0.717) is 38.3 Å². The quantitative estimate of drug-likeness (QED) is 0.133. The van der Waals surface area contributed by atoms with E-state index in [1.165, 1.54) is 12.1 Å². The number of hydrogen-bond acceptors (Lipinski definition) is 7. The number of nitrogens with zero attached hydrogens (tertiary/aromatic N) is 3. The van der Waals surface area contributed by atoms with Crippen molar-refractivity contribution in [3.8, 4) is 0 Å². The summed E-state index contributed by atoms with van der Waals surface area (Å²) in [5.41, 5.74) is 4.12. The molecule has 0 aromatic heterocycles. The highest BCUT2D eigenvalue weighted by molar-refractivity contribution is 8.01. The molecule has 0 radical (unpaired) electrons. The molecule has 0 unspecified atom stereocenters. The standard InChI is InChI=1S/C36H36N4O5S/c41-34-25-38(21-20-37-34)23-32-22-33(24-39(32)35(42)45-26-27-16-18-31(19-17-27)40(43)44)46-36(28-10-4-1-5-11-28,29-12-6-2-7-13-29)30-14-8-3-9-15-30/h1-19,32-33H,20-26H2,(H,37,41)/t32-,33-/m0/s1. The number of nitro groups is 1. The predicted octanol–water partition coefficient (Wildman–Crippen LogP) is 5.83. The molecule has 1 N–H and O–H groups in total. The highest BCUT2D eigenvalue weighted by atomic mass is 32.2. The lowest BCUT2D eigenvalue weighted by atomic mass is 9.84. The number of piperazine rings is 1. The number of carbonyl (C=O) groups is 2. The number of nitro benzene ring substituents is 1. The molecule has 9 nitrogen and oxygen atoms in total. The van der Waals surface area contributed by atoms with Crippen molar-refractivity contribution in [2.45, 2.75) is 29.1 Å². The summed E-state index contributed by atoms with van der Waals surface area (Å²) in [4.78, 5) is 40.4. The number of amides is 2. The normalized spacial score (nSPS) is 18.6. The van der Waals surface area contributed by atoms with Gasteiger partial charge in [0.05, 0.1) is 16.2 Å². The van der Waals surface area contributed by atoms with Crippen molar-refractivity contribution in [3.05, 3.63) is 148 Å². The van der Waals surface area contributed by atoms with Crippen molar-refractivity contribution in [1.82, 2.24) is 15.1 Å². The van der Waals surface area contributed by atoms with Crippen LogP contribution in [0.5, 0.6) is 0 Å². The first-order valence-electron chi connectivity index (χ1n) is 15.4. The second-order valence-corrected chi connectivity index (χ2v) is 13.1. The molecule has 0 spiro atoms. The fourth-order valence-corrected chi connectivity index (χ4v) is 8.29. The molecule has 4 aromatic carbocycles. The molecule has 46 heavy (non-hydrogen) atoms. The lowest BCUT2D eigenvalue weighted by Crippen LogP contribution is -2.52. The molecule has 2 atom stereocenters. The third-order valence-electron chi connectivity index (χ3n) is 8.59. The molecule has 2 saturated heterocycles. The molecular formula is C36H36N4O5S. The van der Waals surface area contributed by atoms with Gasteiger partial charge in [-0.15, -0.1) is 11.8 Å². The van der Waals surface area contributed by atoms with E-state index in [2.05, 4.69) is 83.0 Å². The van der Waals surface area contributed by atoms with Gasteiger partial charge in [-0.05, 0) is 40.8 Å². The first kappa shape index (κ1) is 31.3. The van der Waals surface area contributed by atoms with E-state index in [1.54, 1.807) is 17.0 Å². The Bertz CT molecular complexity index is 1540. The Hall–Kier alpha value is -4.67. The Labute approximate surface area is 272 Å². The van der Waals surface area contributed by atoms with Crippen LogP contribution in [-0.2, 0) is 20.9 Å². The van der Waals surface area contributed by atoms with Gasteiger partial charge in [0.15, 0.2) is 0 Å². The number of benzene rings is 4. The molecule has 2 fully saturated rings. The van der Waals surface area contributed by atoms with Gasteiger partial charge < -0.3 is 15.0 Å². The fourth-order valence-electron chi connectivity index (χ4n) is 6.42. The van der Waals surface area contributed by atoms with Gasteiger partial charge in [0.25, 0.3) is 5.69 Å². The van der Waals surface area contributed by atoms with E-state index in [0.717, 1.165) is 23.1 Å². The Morgan fingerprint density at radius 1 is 0.891 bits per heavy atom. The van der Waals surface area contributed by atoms with Gasteiger partial charge in [0, 0.05) is 49.6 Å². The third-order valence-corrected chi connectivity index (χ3v) is 10.3. The molecule has 0 bridgehead atoms. The second-order valence-electron chi connectivity index (χ2n) is 11.6. The van der Waals surface area contributed by atoms with Crippen LogP contribution in [0.2, 0.25) is 0 Å². The number of hydrogen-bond donors (Lipinski definition) is 1. The van der Waals surface area contributed by atoms with Crippen molar-refractivity contribution in [2.24, 2.45) is 0 Å². The van der Waals surface area contributed by atoms with Crippen LogP contribution in [0.25, 0.3) is 0 Å². The SMILES string of the molecule is O=C1CN(C[C@@H]2C[C@H](SC(c3ccccc3)(c3ccccc3)c3ccccc3)CN2C(=O)OCc2ccc([N+](=O)[O-])cc2)CCN1. The summed E-state index contributed by atoms with van der Waals surface area (Å²) < 4.78 is 5.26. The van der Waals surface area contributed by atoms with Crippen LogP contribution in [0.1, 0.15) is 28.7 Å². The number of thioether (sulfide) groups is 1. The average molecular weight is 637 g/mol. The summed E-state index contributed by atoms with van der Waals surface area (Å²) in [6.45, 7) is 2.63. The van der Waals surface area contributed by atoms with Crippen LogP contribution in [0.3, 0.4) is 0 Å². The maximum atomic E-state index is 13.7. The zero-order chi connectivity index (χ0) is 31.9. The topological polar surface area (TPSA) is 105 Å². The maximum absolute atomic E-state index is 13.7. The van der Waals surface area contributed by atoms with Crippen molar-refractivity contribution in [2.75, 3.05) is 32.7 Å². The van der Waals surface area contributed by atoms with E-state index >= 15 is 0 Å². The Morgan fingerprint density at radius 2 is 1.46 bits per heavy atom. The van der Waals surface area contributed by atoms with Crippen LogP contribution >= 0.6 is 11.8 Å². The first-order chi connectivity index (χ1) is 22.4. The molecule has 4 aromatic rings. The van der Waals surface area contributed by atoms with Gasteiger partial charge >= 0.3 is 6.09 Å². The van der Waals surface area contributed by atoms with Crippen molar-refractivity contribution < 1.29 is 19.2 Å². The average Bonchev–Trinajstić information content (AvgIpc) is 3.49. The molecule has 2 aliphatic rings. The number of rotatable bonds is 10. The smallest absolute Gasteiger partial charge is 0.410 e. The van der Waals surface area contributed by atoms with Crippen molar-refractivity contribution >= 4 is 29.4 Å². The van der Waals surface area contributed by atoms with Crippen molar-refractivity contribution in [1.29, 1.82) is 0 Å². The minimum absolute atomic E-state index is 0.00591. The van der Waals surface area contributed by atoms with Gasteiger partial charge in [-0.3, -0.25) is 19.8 Å². The number of non-ortho nitro benzene ring substituents is 1. The Morgan fingerprint density at radius 3 is 1.98 bits per heavy atom. The second kappa shape index (κ2) is 14.2. The summed E-state index contributed by atoms with van der Waals surface area (Å²) in [7, 11) is 0. The minimum atomic E-state index is -0.539. The van der Waals surface area contributed by atoms with Crippen LogP contribution in [-0.4, -0.2) is 70.7 Å².